The number of methoxy groups -OCH3 is 2. The summed E-state index contributed by atoms with van der Waals surface area (Å²) in [6.07, 6.45) is 2.30. The van der Waals surface area contributed by atoms with Crippen LogP contribution in [0.1, 0.15) is 32.7 Å². The predicted molar refractivity (Wildman–Crippen MR) is 155 cm³/mol. The number of benzene rings is 2. The van der Waals surface area contributed by atoms with Gasteiger partial charge in [0.05, 0.1) is 41.2 Å². The third kappa shape index (κ3) is 6.18. The largest absolute Gasteiger partial charge is 0.495 e. The van der Waals surface area contributed by atoms with Gasteiger partial charge in [0.1, 0.15) is 16.5 Å². The maximum absolute atomic E-state index is 13.0. The van der Waals surface area contributed by atoms with Crippen LogP contribution in [0, 0.1) is 5.92 Å². The van der Waals surface area contributed by atoms with Crippen molar-refractivity contribution >= 4 is 46.7 Å². The number of anilines is 2. The summed E-state index contributed by atoms with van der Waals surface area (Å²) in [6.45, 7) is 2.58. The van der Waals surface area contributed by atoms with Crippen molar-refractivity contribution in [2.24, 2.45) is 5.92 Å². The minimum Gasteiger partial charge on any atom is -0.495 e. The van der Waals surface area contributed by atoms with E-state index in [-0.39, 0.29) is 51.3 Å². The number of aromatic nitrogens is 2. The third-order valence-electron chi connectivity index (χ3n) is 7.17. The Hall–Kier alpha value is -3.64. The van der Waals surface area contributed by atoms with Crippen LogP contribution in [0.25, 0.3) is 0 Å². The summed E-state index contributed by atoms with van der Waals surface area (Å²) in [6, 6.07) is 8.49. The van der Waals surface area contributed by atoms with Gasteiger partial charge in [-0.1, -0.05) is 35.3 Å². The Morgan fingerprint density at radius 1 is 1.20 bits per heavy atom. The summed E-state index contributed by atoms with van der Waals surface area (Å²) < 4.78 is 17.0. The molecule has 13 heteroatoms. The van der Waals surface area contributed by atoms with Crippen molar-refractivity contribution in [2.75, 3.05) is 46.2 Å². The van der Waals surface area contributed by atoms with E-state index in [4.69, 9.17) is 37.4 Å². The van der Waals surface area contributed by atoms with Gasteiger partial charge in [0.2, 0.25) is 11.8 Å². The van der Waals surface area contributed by atoms with Gasteiger partial charge in [-0.15, -0.1) is 0 Å². The highest BCUT2D eigenvalue weighted by Crippen LogP contribution is 2.37. The number of carbonyl (C=O) groups is 2. The zero-order valence-corrected chi connectivity index (χ0v) is 24.3. The summed E-state index contributed by atoms with van der Waals surface area (Å²) in [5.74, 6) is 0.643. The van der Waals surface area contributed by atoms with E-state index < -0.39 is 0 Å². The minimum atomic E-state index is -0.317. The Balaban J connectivity index is 1.33. The fourth-order valence-corrected chi connectivity index (χ4v) is 5.35. The third-order valence-corrected chi connectivity index (χ3v) is 7.74. The molecule has 0 aliphatic carbocycles. The lowest BCUT2D eigenvalue weighted by Crippen LogP contribution is -2.46. The highest BCUT2D eigenvalue weighted by Gasteiger charge is 2.29. The van der Waals surface area contributed by atoms with Crippen molar-refractivity contribution in [2.45, 2.75) is 19.1 Å². The number of piperidine rings is 1. The van der Waals surface area contributed by atoms with Crippen molar-refractivity contribution in [3.05, 3.63) is 63.3 Å². The number of amides is 2. The van der Waals surface area contributed by atoms with Crippen molar-refractivity contribution in [1.82, 2.24) is 25.5 Å². The van der Waals surface area contributed by atoms with E-state index in [9.17, 15) is 9.59 Å². The molecule has 3 aromatic rings. The number of hydrogen-bond acceptors (Lipinski definition) is 9. The maximum Gasteiger partial charge on any atom is 0.258 e. The molecule has 5 rings (SSSR count). The standard InChI is InChI=1S/C28H30Cl2N6O5/c1-36-14-16-5-4-6-21(24(16)27(36)38)41-26-19(30)12-33-28(35-26)34-20-10-18(29)17(9-22(20)39-2)25(37)32-11-15-7-8-31-13-23(15)40-3/h4-6,9-10,12,15,23,31H,7-8,11,13-14H2,1-3H3,(H,32,37)(H,33,34,35)/t15?,23-/m0/s1. The smallest absolute Gasteiger partial charge is 0.258 e. The molecule has 1 fully saturated rings. The fourth-order valence-electron chi connectivity index (χ4n) is 4.97. The molecule has 41 heavy (non-hydrogen) atoms. The summed E-state index contributed by atoms with van der Waals surface area (Å²) in [7, 11) is 4.88. The second kappa shape index (κ2) is 12.5. The van der Waals surface area contributed by atoms with Gasteiger partial charge in [-0.25, -0.2) is 4.98 Å². The molecule has 0 bridgehead atoms. The molecular weight excluding hydrogens is 571 g/mol. The number of fused-ring (bicyclic) bond motifs is 1. The van der Waals surface area contributed by atoms with E-state index in [1.54, 1.807) is 37.3 Å². The van der Waals surface area contributed by atoms with Crippen LogP contribution in [-0.4, -0.2) is 73.7 Å². The zero-order valence-electron chi connectivity index (χ0n) is 22.8. The van der Waals surface area contributed by atoms with Crippen LogP contribution in [0.4, 0.5) is 11.6 Å². The molecule has 11 nitrogen and oxygen atoms in total. The second-order valence-electron chi connectivity index (χ2n) is 9.79. The molecule has 2 aliphatic heterocycles. The highest BCUT2D eigenvalue weighted by atomic mass is 35.5. The van der Waals surface area contributed by atoms with Crippen LogP contribution < -0.4 is 25.4 Å². The molecule has 1 saturated heterocycles. The quantitative estimate of drug-likeness (QED) is 0.330. The SMILES string of the molecule is COc1cc(C(=O)NCC2CCNC[C@@H]2OC)c(Cl)cc1Nc1ncc(Cl)c(Oc2cccc3c2C(=O)N(C)C3)n1. The lowest BCUT2D eigenvalue weighted by molar-refractivity contribution is 0.0338. The Kier molecular flexibility index (Phi) is 8.79. The van der Waals surface area contributed by atoms with E-state index >= 15 is 0 Å². The van der Waals surface area contributed by atoms with Gasteiger partial charge in [0.15, 0.2) is 0 Å². The van der Waals surface area contributed by atoms with Gasteiger partial charge < -0.3 is 35.1 Å². The lowest BCUT2D eigenvalue weighted by Gasteiger charge is -2.31. The number of nitrogens with zero attached hydrogens (tertiary/aromatic N) is 3. The van der Waals surface area contributed by atoms with Crippen molar-refractivity contribution in [1.29, 1.82) is 0 Å². The van der Waals surface area contributed by atoms with Gasteiger partial charge in [0.25, 0.3) is 11.8 Å². The zero-order chi connectivity index (χ0) is 29.1. The van der Waals surface area contributed by atoms with Crippen molar-refractivity contribution < 1.29 is 23.8 Å². The second-order valence-corrected chi connectivity index (χ2v) is 10.6. The normalized spacial score (nSPS) is 18.2. The number of ether oxygens (including phenoxy) is 3. The number of rotatable bonds is 9. The molecule has 0 radical (unpaired) electrons. The van der Waals surface area contributed by atoms with Gasteiger partial charge in [0, 0.05) is 39.7 Å². The molecular formula is C28H30Cl2N6O5. The Labute approximate surface area is 247 Å². The monoisotopic (exact) mass is 600 g/mol. The molecule has 3 heterocycles. The Morgan fingerprint density at radius 2 is 2.02 bits per heavy atom. The van der Waals surface area contributed by atoms with Crippen LogP contribution in [-0.2, 0) is 11.3 Å². The first-order valence-corrected chi connectivity index (χ1v) is 13.8. The molecule has 1 unspecified atom stereocenters. The predicted octanol–water partition coefficient (Wildman–Crippen LogP) is 4.27. The van der Waals surface area contributed by atoms with E-state index in [0.29, 0.717) is 35.8 Å². The van der Waals surface area contributed by atoms with Crippen LogP contribution in [0.15, 0.2) is 36.5 Å². The van der Waals surface area contributed by atoms with Crippen LogP contribution in [0.3, 0.4) is 0 Å². The lowest BCUT2D eigenvalue weighted by atomic mass is 9.95. The van der Waals surface area contributed by atoms with Gasteiger partial charge >= 0.3 is 0 Å². The number of carbonyl (C=O) groups excluding carboxylic acids is 2. The number of halogens is 2. The van der Waals surface area contributed by atoms with E-state index in [0.717, 1.165) is 25.1 Å². The van der Waals surface area contributed by atoms with Crippen molar-refractivity contribution in [3.63, 3.8) is 0 Å². The molecule has 0 saturated carbocycles. The van der Waals surface area contributed by atoms with Crippen LogP contribution >= 0.6 is 23.2 Å². The van der Waals surface area contributed by atoms with E-state index in [1.807, 2.05) is 12.1 Å². The molecule has 2 atom stereocenters. The van der Waals surface area contributed by atoms with Gasteiger partial charge in [-0.3, -0.25) is 9.59 Å². The summed E-state index contributed by atoms with van der Waals surface area (Å²) in [4.78, 5) is 35.9. The first-order valence-electron chi connectivity index (χ1n) is 13.0. The first kappa shape index (κ1) is 28.9. The molecule has 2 aliphatic rings. The van der Waals surface area contributed by atoms with Gasteiger partial charge in [-0.2, -0.15) is 4.98 Å². The topological polar surface area (TPSA) is 127 Å². The van der Waals surface area contributed by atoms with E-state index in [2.05, 4.69) is 25.9 Å². The number of nitrogens with one attached hydrogen (secondary N) is 3. The van der Waals surface area contributed by atoms with E-state index in [1.165, 1.54) is 13.3 Å². The Morgan fingerprint density at radius 3 is 2.80 bits per heavy atom. The molecule has 216 valence electrons. The van der Waals surface area contributed by atoms with Crippen LogP contribution in [0.5, 0.6) is 17.4 Å². The summed E-state index contributed by atoms with van der Waals surface area (Å²) in [5.41, 5.74) is 2.03. The van der Waals surface area contributed by atoms with Crippen LogP contribution in [0.2, 0.25) is 10.0 Å². The molecule has 0 spiro atoms. The molecule has 1 aromatic heterocycles. The average Bonchev–Trinajstić information content (AvgIpc) is 3.27. The highest BCUT2D eigenvalue weighted by molar-refractivity contribution is 6.34. The molecule has 3 N–H and O–H groups in total. The molecule has 2 aromatic carbocycles. The van der Waals surface area contributed by atoms with Crippen molar-refractivity contribution in [3.8, 4) is 17.4 Å². The summed E-state index contributed by atoms with van der Waals surface area (Å²) >= 11 is 12.9. The minimum absolute atomic E-state index is 0.0264. The first-order chi connectivity index (χ1) is 19.8. The Bertz CT molecular complexity index is 1470. The average molecular weight is 601 g/mol. The number of hydrogen-bond donors (Lipinski definition) is 3. The van der Waals surface area contributed by atoms with Gasteiger partial charge in [-0.05, 0) is 36.7 Å². The summed E-state index contributed by atoms with van der Waals surface area (Å²) in [5, 5.41) is 9.68. The molecule has 2 amide bonds. The fraction of sp³-hybridized carbons (Fsp3) is 0.357. The maximum atomic E-state index is 13.0.